The summed E-state index contributed by atoms with van der Waals surface area (Å²) in [6, 6.07) is 24.2. The van der Waals surface area contributed by atoms with Crippen molar-refractivity contribution in [2.75, 3.05) is 4.90 Å². The van der Waals surface area contributed by atoms with Crippen LogP contribution in [-0.2, 0) is 4.65 Å². The van der Waals surface area contributed by atoms with Gasteiger partial charge in [-0.2, -0.15) is 0 Å². The highest BCUT2D eigenvalue weighted by molar-refractivity contribution is 6.47. The molecule has 0 saturated carbocycles. The molecular formula is C24H25BNO3. The molecule has 1 aliphatic rings. The van der Waals surface area contributed by atoms with E-state index in [-0.39, 0.29) is 0 Å². The van der Waals surface area contributed by atoms with Gasteiger partial charge in [-0.15, -0.1) is 0 Å². The van der Waals surface area contributed by atoms with Crippen molar-refractivity contribution in [1.29, 1.82) is 0 Å². The minimum atomic E-state index is -0.954. The molecule has 0 saturated heterocycles. The molecule has 4 rings (SSSR count). The third-order valence-electron chi connectivity index (χ3n) is 5.55. The Bertz CT molecular complexity index is 964. The minimum Gasteiger partial charge on any atom is -0.453 e. The lowest BCUT2D eigenvalue weighted by Gasteiger charge is -2.37. The van der Waals surface area contributed by atoms with Crippen LogP contribution < -0.4 is 15.1 Å². The van der Waals surface area contributed by atoms with E-state index in [1.54, 1.807) is 21.3 Å². The number of hydrogen-bond acceptors (Lipinski definition) is 4. The van der Waals surface area contributed by atoms with Gasteiger partial charge in [0.05, 0.1) is 22.6 Å². The lowest BCUT2D eigenvalue weighted by molar-refractivity contribution is -0.0893. The smallest absolute Gasteiger partial charge is 0.330 e. The first kappa shape index (κ1) is 19.6. The Kier molecular flexibility index (Phi) is 4.89. The monoisotopic (exact) mass is 386 g/mol. The van der Waals surface area contributed by atoms with Crippen LogP contribution in [0.1, 0.15) is 27.7 Å². The van der Waals surface area contributed by atoms with Crippen LogP contribution in [0.5, 0.6) is 11.5 Å². The summed E-state index contributed by atoms with van der Waals surface area (Å²) in [5.74, 6) is 1.66. The van der Waals surface area contributed by atoms with E-state index < -0.39 is 11.2 Å². The van der Waals surface area contributed by atoms with Gasteiger partial charge in [-0.3, -0.25) is 0 Å². The van der Waals surface area contributed by atoms with Crippen LogP contribution in [0.3, 0.4) is 0 Å². The van der Waals surface area contributed by atoms with Gasteiger partial charge in [0.2, 0.25) is 0 Å². The highest BCUT2D eigenvalue weighted by atomic mass is 16.5. The first-order valence-electron chi connectivity index (χ1n) is 9.76. The van der Waals surface area contributed by atoms with Crippen molar-refractivity contribution in [3.05, 3.63) is 72.8 Å². The molecule has 147 valence electrons. The Morgan fingerprint density at radius 3 is 1.83 bits per heavy atom. The molecule has 3 aromatic carbocycles. The molecule has 3 aromatic rings. The van der Waals surface area contributed by atoms with Crippen molar-refractivity contribution in [2.24, 2.45) is 0 Å². The quantitative estimate of drug-likeness (QED) is 0.486. The van der Waals surface area contributed by atoms with Crippen LogP contribution >= 0.6 is 0 Å². The molecule has 0 spiro atoms. The number of hydrogen-bond donors (Lipinski definition) is 1. The van der Waals surface area contributed by atoms with Gasteiger partial charge in [0.25, 0.3) is 0 Å². The van der Waals surface area contributed by atoms with Crippen LogP contribution in [0, 0.1) is 0 Å². The number of ether oxygens (including phenoxy) is 1. The second kappa shape index (κ2) is 7.25. The van der Waals surface area contributed by atoms with E-state index >= 15 is 0 Å². The number of aliphatic hydroxyl groups is 1. The van der Waals surface area contributed by atoms with Crippen molar-refractivity contribution >= 4 is 30.0 Å². The van der Waals surface area contributed by atoms with Crippen LogP contribution in [0.25, 0.3) is 0 Å². The molecule has 0 amide bonds. The molecule has 29 heavy (non-hydrogen) atoms. The molecule has 1 aliphatic heterocycles. The zero-order chi connectivity index (χ0) is 20.6. The average molecular weight is 386 g/mol. The van der Waals surface area contributed by atoms with Crippen molar-refractivity contribution in [3.63, 3.8) is 0 Å². The fraction of sp³-hybridized carbons (Fsp3) is 0.250. The Balaban J connectivity index is 1.62. The number of para-hydroxylation sites is 4. The maximum absolute atomic E-state index is 10.3. The molecule has 0 bridgehead atoms. The van der Waals surface area contributed by atoms with Crippen LogP contribution in [0.2, 0.25) is 0 Å². The Hall–Kier alpha value is -2.76. The molecule has 0 unspecified atom stereocenters. The van der Waals surface area contributed by atoms with Crippen molar-refractivity contribution < 1.29 is 14.5 Å². The molecule has 1 radical (unpaired) electrons. The summed E-state index contributed by atoms with van der Waals surface area (Å²) in [6.07, 6.45) is 0. The third kappa shape index (κ3) is 3.76. The molecule has 1 heterocycles. The predicted octanol–water partition coefficient (Wildman–Crippen LogP) is 5.07. The summed E-state index contributed by atoms with van der Waals surface area (Å²) in [5.41, 5.74) is 2.32. The molecule has 4 nitrogen and oxygen atoms in total. The first-order valence-corrected chi connectivity index (χ1v) is 9.76. The maximum atomic E-state index is 10.3. The zero-order valence-corrected chi connectivity index (χ0v) is 17.2. The number of fused-ring (bicyclic) bond motifs is 2. The Morgan fingerprint density at radius 1 is 0.793 bits per heavy atom. The van der Waals surface area contributed by atoms with Gasteiger partial charge in [-0.05, 0) is 64.1 Å². The number of anilines is 3. The highest BCUT2D eigenvalue weighted by Gasteiger charge is 2.35. The highest BCUT2D eigenvalue weighted by Crippen LogP contribution is 2.49. The topological polar surface area (TPSA) is 41.9 Å². The number of nitrogens with zero attached hydrogens (tertiary/aromatic N) is 1. The van der Waals surface area contributed by atoms with Crippen molar-refractivity contribution in [1.82, 2.24) is 0 Å². The van der Waals surface area contributed by atoms with Gasteiger partial charge >= 0.3 is 7.48 Å². The first-order chi connectivity index (χ1) is 13.8. The molecular weight excluding hydrogens is 361 g/mol. The van der Waals surface area contributed by atoms with Gasteiger partial charge in [0, 0.05) is 5.69 Å². The van der Waals surface area contributed by atoms with E-state index in [1.165, 1.54) is 0 Å². The van der Waals surface area contributed by atoms with Gasteiger partial charge in [-0.1, -0.05) is 41.9 Å². The van der Waals surface area contributed by atoms with Crippen molar-refractivity contribution in [3.8, 4) is 11.5 Å². The summed E-state index contributed by atoms with van der Waals surface area (Å²) in [6.45, 7) is 7.24. The van der Waals surface area contributed by atoms with Gasteiger partial charge in [0.1, 0.15) is 0 Å². The Labute approximate surface area is 173 Å². The maximum Gasteiger partial charge on any atom is 0.330 e. The van der Waals surface area contributed by atoms with Gasteiger partial charge in [0.15, 0.2) is 11.5 Å². The van der Waals surface area contributed by atoms with Crippen LogP contribution in [0.15, 0.2) is 72.8 Å². The van der Waals surface area contributed by atoms with E-state index in [0.717, 1.165) is 34.0 Å². The van der Waals surface area contributed by atoms with E-state index in [0.29, 0.717) is 0 Å². The summed E-state index contributed by atoms with van der Waals surface area (Å²) < 4.78 is 11.9. The second-order valence-corrected chi connectivity index (χ2v) is 8.27. The third-order valence-corrected chi connectivity index (χ3v) is 5.55. The standard InChI is InChI=1S/C24H25BNO3/c1-23(2,27)24(3,4)29-25-17-13-15-18(16-14-17)26-19-9-5-7-11-21(19)28-22-12-8-6-10-20(22)26/h5-16,27H,1-4H3. The van der Waals surface area contributed by atoms with E-state index in [2.05, 4.69) is 29.2 Å². The minimum absolute atomic E-state index is 0.701. The predicted molar refractivity (Wildman–Crippen MR) is 118 cm³/mol. The van der Waals surface area contributed by atoms with E-state index in [1.807, 2.05) is 62.4 Å². The number of rotatable bonds is 5. The SMILES string of the molecule is CC(C)(O)C(C)(C)O[B]c1ccc(N2c3ccccc3Oc3ccccc32)cc1. The van der Waals surface area contributed by atoms with Crippen molar-refractivity contribution in [2.45, 2.75) is 38.9 Å². The largest absolute Gasteiger partial charge is 0.453 e. The van der Waals surface area contributed by atoms with Gasteiger partial charge < -0.3 is 19.4 Å². The molecule has 0 fully saturated rings. The molecule has 0 aromatic heterocycles. The summed E-state index contributed by atoms with van der Waals surface area (Å²) in [4.78, 5) is 2.19. The summed E-state index contributed by atoms with van der Waals surface area (Å²) in [7, 11) is 1.70. The average Bonchev–Trinajstić information content (AvgIpc) is 2.70. The summed E-state index contributed by atoms with van der Waals surface area (Å²) >= 11 is 0. The van der Waals surface area contributed by atoms with Crippen LogP contribution in [-0.4, -0.2) is 23.8 Å². The van der Waals surface area contributed by atoms with Gasteiger partial charge in [-0.25, -0.2) is 0 Å². The fourth-order valence-corrected chi connectivity index (χ4v) is 3.04. The lowest BCUT2D eigenvalue weighted by Crippen LogP contribution is -2.49. The van der Waals surface area contributed by atoms with E-state index in [4.69, 9.17) is 9.39 Å². The molecule has 1 N–H and O–H groups in total. The fourth-order valence-electron chi connectivity index (χ4n) is 3.04. The zero-order valence-electron chi connectivity index (χ0n) is 17.2. The molecule has 0 atom stereocenters. The van der Waals surface area contributed by atoms with E-state index in [9.17, 15) is 5.11 Å². The van der Waals surface area contributed by atoms with Crippen LogP contribution in [0.4, 0.5) is 17.1 Å². The lowest BCUT2D eigenvalue weighted by atomic mass is 9.82. The molecule has 0 aliphatic carbocycles. The Morgan fingerprint density at radius 2 is 1.31 bits per heavy atom. The number of benzene rings is 3. The second-order valence-electron chi connectivity index (χ2n) is 8.27. The normalized spacial score (nSPS) is 13.3. The summed E-state index contributed by atoms with van der Waals surface area (Å²) in [5, 5.41) is 10.3. The molecule has 5 heteroatoms.